The quantitative estimate of drug-likeness (QED) is 0.236. The Morgan fingerprint density at radius 3 is 2.45 bits per heavy atom. The number of aliphatic hydroxyl groups is 1. The normalized spacial score (nSPS) is 14.6. The summed E-state index contributed by atoms with van der Waals surface area (Å²) < 4.78 is 5.90. The Kier molecular flexibility index (Phi) is 9.03. The zero-order chi connectivity index (χ0) is 28.6. The molecule has 1 aliphatic rings. The smallest absolute Gasteiger partial charge is 0.259 e. The second kappa shape index (κ2) is 12.8. The molecular formula is C33H33N3O4. The van der Waals surface area contributed by atoms with Gasteiger partial charge in [0.15, 0.2) is 0 Å². The summed E-state index contributed by atoms with van der Waals surface area (Å²) in [4.78, 5) is 25.2. The molecule has 1 unspecified atom stereocenters. The van der Waals surface area contributed by atoms with Gasteiger partial charge < -0.3 is 25.9 Å². The molecule has 0 spiro atoms. The predicted octanol–water partition coefficient (Wildman–Crippen LogP) is 5.50. The Bertz CT molecular complexity index is 1510. The van der Waals surface area contributed by atoms with Crippen LogP contribution < -0.4 is 15.4 Å². The lowest BCUT2D eigenvalue weighted by Gasteiger charge is -2.27. The van der Waals surface area contributed by atoms with Gasteiger partial charge in [-0.25, -0.2) is 0 Å². The van der Waals surface area contributed by atoms with Crippen molar-refractivity contribution >= 4 is 17.5 Å². The molecule has 7 heteroatoms. The van der Waals surface area contributed by atoms with E-state index in [1.54, 1.807) is 49.5 Å². The van der Waals surface area contributed by atoms with Gasteiger partial charge in [-0.2, -0.15) is 0 Å². The van der Waals surface area contributed by atoms with E-state index in [0.717, 1.165) is 23.0 Å². The van der Waals surface area contributed by atoms with Crippen LogP contribution in [0, 0.1) is 17.3 Å². The molecular weight excluding hydrogens is 502 g/mol. The van der Waals surface area contributed by atoms with Crippen molar-refractivity contribution in [1.29, 1.82) is 5.41 Å². The van der Waals surface area contributed by atoms with Gasteiger partial charge in [-0.15, -0.1) is 0 Å². The number of ether oxygens (including phenoxy) is 1. The highest BCUT2D eigenvalue weighted by atomic mass is 16.5. The SMILES string of the molecule is CNC(=O)c1ccc(C#Cc2ccc(OC(C)C)c(C(=O)N/C(=C\O)CC3CC(=N)Cc4ccccc43)c2)cc1. The monoisotopic (exact) mass is 535 g/mol. The fourth-order valence-electron chi connectivity index (χ4n) is 4.74. The minimum atomic E-state index is -0.422. The summed E-state index contributed by atoms with van der Waals surface area (Å²) in [5.41, 5.74) is 5.42. The van der Waals surface area contributed by atoms with Crippen molar-refractivity contribution in [2.24, 2.45) is 0 Å². The first-order valence-corrected chi connectivity index (χ1v) is 13.2. The van der Waals surface area contributed by atoms with Crippen molar-refractivity contribution in [2.45, 2.75) is 45.1 Å². The third-order valence-electron chi connectivity index (χ3n) is 6.60. The Morgan fingerprint density at radius 1 is 1.05 bits per heavy atom. The molecule has 4 rings (SSSR count). The molecule has 40 heavy (non-hydrogen) atoms. The number of allylic oxidation sites excluding steroid dienone is 1. The molecule has 4 N–H and O–H groups in total. The Morgan fingerprint density at radius 2 is 1.75 bits per heavy atom. The van der Waals surface area contributed by atoms with E-state index in [1.807, 2.05) is 38.1 Å². The highest BCUT2D eigenvalue weighted by Crippen LogP contribution is 2.34. The van der Waals surface area contributed by atoms with Crippen LogP contribution in [0.25, 0.3) is 0 Å². The van der Waals surface area contributed by atoms with E-state index in [1.165, 1.54) is 0 Å². The van der Waals surface area contributed by atoms with Gasteiger partial charge in [-0.05, 0) is 86.2 Å². The Balaban J connectivity index is 1.55. The maximum atomic E-state index is 13.5. The molecule has 0 aromatic heterocycles. The lowest BCUT2D eigenvalue weighted by atomic mass is 9.79. The first kappa shape index (κ1) is 28.2. The second-order valence-corrected chi connectivity index (χ2v) is 9.98. The lowest BCUT2D eigenvalue weighted by Crippen LogP contribution is -2.27. The molecule has 0 bridgehead atoms. The van der Waals surface area contributed by atoms with E-state index in [-0.39, 0.29) is 17.9 Å². The van der Waals surface area contributed by atoms with E-state index >= 15 is 0 Å². The van der Waals surface area contributed by atoms with Crippen LogP contribution in [0.5, 0.6) is 5.75 Å². The van der Waals surface area contributed by atoms with Crippen molar-refractivity contribution in [3.8, 4) is 17.6 Å². The fourth-order valence-corrected chi connectivity index (χ4v) is 4.74. The number of nitrogens with one attached hydrogen (secondary N) is 3. The summed E-state index contributed by atoms with van der Waals surface area (Å²) >= 11 is 0. The van der Waals surface area contributed by atoms with Crippen LogP contribution in [0.3, 0.4) is 0 Å². The first-order chi connectivity index (χ1) is 19.3. The largest absolute Gasteiger partial charge is 0.514 e. The Labute approximate surface area is 234 Å². The topological polar surface area (TPSA) is 112 Å². The molecule has 0 radical (unpaired) electrons. The number of benzene rings is 3. The molecule has 3 aromatic rings. The molecule has 0 saturated carbocycles. The van der Waals surface area contributed by atoms with Crippen LogP contribution in [0.15, 0.2) is 78.7 Å². The van der Waals surface area contributed by atoms with Crippen LogP contribution in [-0.2, 0) is 6.42 Å². The summed E-state index contributed by atoms with van der Waals surface area (Å²) in [5, 5.41) is 23.7. The number of hydrogen-bond acceptors (Lipinski definition) is 5. The van der Waals surface area contributed by atoms with E-state index in [4.69, 9.17) is 10.1 Å². The molecule has 204 valence electrons. The molecule has 0 fully saturated rings. The summed E-state index contributed by atoms with van der Waals surface area (Å²) in [7, 11) is 1.58. The minimum Gasteiger partial charge on any atom is -0.514 e. The number of aliphatic hydroxyl groups excluding tert-OH is 1. The molecule has 0 aliphatic heterocycles. The van der Waals surface area contributed by atoms with Crippen LogP contribution in [0.2, 0.25) is 0 Å². The van der Waals surface area contributed by atoms with Crippen molar-refractivity contribution in [2.75, 3.05) is 7.05 Å². The summed E-state index contributed by atoms with van der Waals surface area (Å²) in [6.45, 7) is 3.76. The first-order valence-electron chi connectivity index (χ1n) is 13.2. The second-order valence-electron chi connectivity index (χ2n) is 9.98. The maximum Gasteiger partial charge on any atom is 0.259 e. The van der Waals surface area contributed by atoms with E-state index in [2.05, 4.69) is 22.5 Å². The number of amides is 2. The zero-order valence-corrected chi connectivity index (χ0v) is 22.9. The average Bonchev–Trinajstić information content (AvgIpc) is 2.95. The summed E-state index contributed by atoms with van der Waals surface area (Å²) in [6, 6.07) is 20.1. The molecule has 0 heterocycles. The molecule has 1 atom stereocenters. The number of carbonyl (C=O) groups is 2. The number of carbonyl (C=O) groups excluding carboxylic acids is 2. The third kappa shape index (κ3) is 6.97. The molecule has 0 saturated heterocycles. The van der Waals surface area contributed by atoms with Crippen LogP contribution in [0.4, 0.5) is 0 Å². The van der Waals surface area contributed by atoms with Gasteiger partial charge >= 0.3 is 0 Å². The molecule has 1 aliphatic carbocycles. The maximum absolute atomic E-state index is 13.5. The average molecular weight is 536 g/mol. The van der Waals surface area contributed by atoms with Crippen molar-refractivity contribution in [1.82, 2.24) is 10.6 Å². The van der Waals surface area contributed by atoms with Crippen molar-refractivity contribution in [3.63, 3.8) is 0 Å². The van der Waals surface area contributed by atoms with Crippen LogP contribution in [0.1, 0.15) is 75.6 Å². The van der Waals surface area contributed by atoms with Gasteiger partial charge in [0.25, 0.3) is 11.8 Å². The van der Waals surface area contributed by atoms with E-state index in [9.17, 15) is 14.7 Å². The zero-order valence-electron chi connectivity index (χ0n) is 22.9. The third-order valence-corrected chi connectivity index (χ3v) is 6.60. The van der Waals surface area contributed by atoms with Gasteiger partial charge in [0.2, 0.25) is 0 Å². The summed E-state index contributed by atoms with van der Waals surface area (Å²) in [5.74, 6) is 5.94. The van der Waals surface area contributed by atoms with Crippen LogP contribution in [-0.4, -0.2) is 35.8 Å². The number of fused-ring (bicyclic) bond motifs is 1. The number of rotatable bonds is 7. The predicted molar refractivity (Wildman–Crippen MR) is 156 cm³/mol. The van der Waals surface area contributed by atoms with Gasteiger partial charge in [0.05, 0.1) is 23.6 Å². The van der Waals surface area contributed by atoms with Gasteiger partial charge in [0, 0.05) is 35.9 Å². The van der Waals surface area contributed by atoms with Gasteiger partial charge in [-0.3, -0.25) is 9.59 Å². The van der Waals surface area contributed by atoms with Crippen molar-refractivity contribution < 1.29 is 19.4 Å². The summed E-state index contributed by atoms with van der Waals surface area (Å²) in [6.07, 6.45) is 2.35. The highest BCUT2D eigenvalue weighted by Gasteiger charge is 2.25. The van der Waals surface area contributed by atoms with Crippen LogP contribution >= 0.6 is 0 Å². The van der Waals surface area contributed by atoms with Crippen molar-refractivity contribution in [3.05, 3.63) is 112 Å². The fraction of sp³-hybridized carbons (Fsp3) is 0.242. The van der Waals surface area contributed by atoms with E-state index in [0.29, 0.717) is 53.1 Å². The highest BCUT2D eigenvalue weighted by molar-refractivity contribution is 5.98. The van der Waals surface area contributed by atoms with Gasteiger partial charge in [-0.1, -0.05) is 36.1 Å². The standard InChI is InChI=1S/C33H33N3O4/c1-21(2)40-31-15-12-23(9-8-22-10-13-24(14-11-22)32(38)35-3)16-30(31)33(39)36-28(20-37)19-26-18-27(34)17-25-6-4-5-7-29(25)26/h4-7,10-16,20-21,26,34,37H,17-19H2,1-3H3,(H,35,38)(H,36,39)/b28-20-,34-27?. The molecule has 2 amide bonds. The number of hydrogen-bond donors (Lipinski definition) is 4. The van der Waals surface area contributed by atoms with E-state index < -0.39 is 5.91 Å². The molecule has 7 nitrogen and oxygen atoms in total. The lowest BCUT2D eigenvalue weighted by molar-refractivity contribution is 0.0951. The van der Waals surface area contributed by atoms with Gasteiger partial charge in [0.1, 0.15) is 5.75 Å². The Hall–Kier alpha value is -4.83. The minimum absolute atomic E-state index is 0.0190. The molecule has 3 aromatic carbocycles.